The predicted octanol–water partition coefficient (Wildman–Crippen LogP) is 3.45. The highest BCUT2D eigenvalue weighted by molar-refractivity contribution is 7.92. The predicted molar refractivity (Wildman–Crippen MR) is 113 cm³/mol. The van der Waals surface area contributed by atoms with Crippen LogP contribution in [0.25, 0.3) is 6.08 Å². The van der Waals surface area contributed by atoms with Crippen LogP contribution in [0.2, 0.25) is 0 Å². The third kappa shape index (κ3) is 8.03. The Balaban J connectivity index is 1.98. The molecule has 0 bridgehead atoms. The van der Waals surface area contributed by atoms with Crippen molar-refractivity contribution in [1.29, 1.82) is 0 Å². The second kappa shape index (κ2) is 10.2. The summed E-state index contributed by atoms with van der Waals surface area (Å²) in [5.41, 5.74) is 3.25. The smallest absolute Gasteiger partial charge is 0.244 e. The molecule has 2 N–H and O–H groups in total. The zero-order valence-electron chi connectivity index (χ0n) is 16.8. The number of hydrogen-bond acceptors (Lipinski definition) is 4. The molecule has 1 aromatic heterocycles. The van der Waals surface area contributed by atoms with Gasteiger partial charge < -0.3 is 5.32 Å². The van der Waals surface area contributed by atoms with Crippen LogP contribution in [-0.2, 0) is 34.5 Å². The largest absolute Gasteiger partial charge is 0.348 e. The molecule has 1 amide bonds. The molecule has 0 spiro atoms. The van der Waals surface area contributed by atoms with Gasteiger partial charge in [-0.15, -0.1) is 0 Å². The molecular weight excluding hydrogens is 393 g/mol. The number of carbonyl (C=O) groups excluding carboxylic acids is 1. The summed E-state index contributed by atoms with van der Waals surface area (Å²) in [6.07, 6.45) is 4.89. The molecule has 0 unspecified atom stereocenters. The number of halogens is 1. The lowest BCUT2D eigenvalue weighted by Gasteiger charge is -2.09. The van der Waals surface area contributed by atoms with Gasteiger partial charge >= 0.3 is 0 Å². The molecule has 2 aromatic rings. The van der Waals surface area contributed by atoms with Gasteiger partial charge in [0, 0.05) is 24.0 Å². The molecule has 0 saturated carbocycles. The van der Waals surface area contributed by atoms with E-state index in [4.69, 9.17) is 0 Å². The van der Waals surface area contributed by atoms with Crippen molar-refractivity contribution >= 4 is 27.7 Å². The maximum absolute atomic E-state index is 12.9. The number of pyridine rings is 1. The number of amides is 1. The van der Waals surface area contributed by atoms with Crippen LogP contribution in [-0.4, -0.2) is 25.6 Å². The van der Waals surface area contributed by atoms with E-state index in [-0.39, 0.29) is 5.91 Å². The number of anilines is 1. The van der Waals surface area contributed by atoms with Gasteiger partial charge in [0.25, 0.3) is 0 Å². The highest BCUT2D eigenvalue weighted by atomic mass is 32.2. The molecule has 0 aliphatic rings. The first-order valence-corrected chi connectivity index (χ1v) is 11.1. The average Bonchev–Trinajstić information content (AvgIpc) is 2.64. The monoisotopic (exact) mass is 419 g/mol. The Kier molecular flexibility index (Phi) is 7.90. The topological polar surface area (TPSA) is 88.2 Å². The average molecular weight is 420 g/mol. The molecule has 0 aliphatic carbocycles. The quantitative estimate of drug-likeness (QED) is 0.610. The van der Waals surface area contributed by atoms with Crippen molar-refractivity contribution in [3.05, 3.63) is 65.0 Å². The van der Waals surface area contributed by atoms with Crippen molar-refractivity contribution in [2.45, 2.75) is 33.5 Å². The first kappa shape index (κ1) is 22.5. The van der Waals surface area contributed by atoms with Crippen LogP contribution in [0, 0.1) is 5.92 Å². The summed E-state index contributed by atoms with van der Waals surface area (Å²) >= 11 is 0. The van der Waals surface area contributed by atoms with Crippen LogP contribution in [0.5, 0.6) is 0 Å². The molecule has 29 heavy (non-hydrogen) atoms. The normalized spacial score (nSPS) is 11.8. The minimum absolute atomic E-state index is 0.270. The van der Waals surface area contributed by atoms with Crippen LogP contribution in [0.1, 0.15) is 36.4 Å². The van der Waals surface area contributed by atoms with Gasteiger partial charge in [0.2, 0.25) is 15.9 Å². The number of carbonyl (C=O) groups is 1. The van der Waals surface area contributed by atoms with Crippen LogP contribution < -0.4 is 10.0 Å². The molecular formula is C21H26FN3O3S. The van der Waals surface area contributed by atoms with Gasteiger partial charge in [-0.25, -0.2) is 12.8 Å². The molecule has 2 rings (SSSR count). The third-order valence-corrected chi connectivity index (χ3v) is 4.55. The van der Waals surface area contributed by atoms with Crippen molar-refractivity contribution in [2.75, 3.05) is 11.0 Å². The van der Waals surface area contributed by atoms with E-state index < -0.39 is 16.7 Å². The molecule has 156 valence electrons. The lowest BCUT2D eigenvalue weighted by atomic mass is 10.0. The van der Waals surface area contributed by atoms with Gasteiger partial charge in [-0.1, -0.05) is 32.0 Å². The van der Waals surface area contributed by atoms with E-state index in [1.54, 1.807) is 42.5 Å². The zero-order valence-corrected chi connectivity index (χ0v) is 17.6. The van der Waals surface area contributed by atoms with E-state index in [2.05, 4.69) is 28.9 Å². The summed E-state index contributed by atoms with van der Waals surface area (Å²) in [5, 5.41) is 2.77. The Morgan fingerprint density at radius 2 is 1.86 bits per heavy atom. The molecule has 0 aliphatic heterocycles. The third-order valence-electron chi connectivity index (χ3n) is 3.94. The molecule has 0 saturated heterocycles. The number of benzene rings is 1. The summed E-state index contributed by atoms with van der Waals surface area (Å²) in [7, 11) is -3.32. The van der Waals surface area contributed by atoms with Gasteiger partial charge in [0.15, 0.2) is 0 Å². The Hall–Kier alpha value is -2.74. The standard InChI is InChI=1S/C21H26FN3O3S/c1-15(2)12-20-17(6-10-19(13-22)24-20)7-11-21(26)23-14-16-4-8-18(9-5-16)25-29(3,27)28/h4-11,15,25H,12-14H2,1-3H3,(H,23,26)/b11-7+. The summed E-state index contributed by atoms with van der Waals surface area (Å²) in [6.45, 7) is 3.80. The number of alkyl halides is 1. The van der Waals surface area contributed by atoms with Crippen LogP contribution in [0.4, 0.5) is 10.1 Å². The van der Waals surface area contributed by atoms with Crippen molar-refractivity contribution < 1.29 is 17.6 Å². The second-order valence-corrected chi connectivity index (χ2v) is 8.94. The lowest BCUT2D eigenvalue weighted by Crippen LogP contribution is -2.20. The van der Waals surface area contributed by atoms with E-state index in [9.17, 15) is 17.6 Å². The highest BCUT2D eigenvalue weighted by Crippen LogP contribution is 2.15. The Labute approximate surface area is 171 Å². The molecule has 1 heterocycles. The minimum Gasteiger partial charge on any atom is -0.348 e. The van der Waals surface area contributed by atoms with Gasteiger partial charge in [0.1, 0.15) is 6.67 Å². The van der Waals surface area contributed by atoms with E-state index in [1.165, 1.54) is 6.08 Å². The number of nitrogens with one attached hydrogen (secondary N) is 2. The van der Waals surface area contributed by atoms with Crippen LogP contribution in [0.3, 0.4) is 0 Å². The fourth-order valence-corrected chi connectivity index (χ4v) is 3.22. The van der Waals surface area contributed by atoms with Crippen molar-refractivity contribution in [3.8, 4) is 0 Å². The first-order valence-electron chi connectivity index (χ1n) is 9.23. The molecule has 0 fully saturated rings. The van der Waals surface area contributed by atoms with E-state index >= 15 is 0 Å². The number of aromatic nitrogens is 1. The molecule has 1 aromatic carbocycles. The Morgan fingerprint density at radius 1 is 1.17 bits per heavy atom. The summed E-state index contributed by atoms with van der Waals surface area (Å²) in [6, 6.07) is 10.1. The first-order chi connectivity index (χ1) is 13.7. The lowest BCUT2D eigenvalue weighted by molar-refractivity contribution is -0.116. The summed E-state index contributed by atoms with van der Waals surface area (Å²) in [4.78, 5) is 16.5. The van der Waals surface area contributed by atoms with Gasteiger partial charge in [0.05, 0.1) is 11.9 Å². The van der Waals surface area contributed by atoms with Crippen molar-refractivity contribution in [1.82, 2.24) is 10.3 Å². The van der Waals surface area contributed by atoms with Crippen LogP contribution in [0.15, 0.2) is 42.5 Å². The number of sulfonamides is 1. The van der Waals surface area contributed by atoms with E-state index in [1.807, 2.05) is 0 Å². The Bertz CT molecular complexity index is 971. The molecule has 0 atom stereocenters. The zero-order chi connectivity index (χ0) is 21.4. The molecule has 8 heteroatoms. The van der Waals surface area contributed by atoms with Crippen LogP contribution >= 0.6 is 0 Å². The summed E-state index contributed by atoms with van der Waals surface area (Å²) in [5.74, 6) is 0.0897. The van der Waals surface area contributed by atoms with E-state index in [0.29, 0.717) is 30.3 Å². The highest BCUT2D eigenvalue weighted by Gasteiger charge is 2.07. The van der Waals surface area contributed by atoms with Gasteiger partial charge in [-0.3, -0.25) is 14.5 Å². The fraction of sp³-hybridized carbons (Fsp3) is 0.333. The number of hydrogen-bond donors (Lipinski definition) is 2. The number of nitrogens with zero attached hydrogens (tertiary/aromatic N) is 1. The fourth-order valence-electron chi connectivity index (χ4n) is 2.65. The van der Waals surface area contributed by atoms with Crippen molar-refractivity contribution in [2.24, 2.45) is 5.92 Å². The molecule has 6 nitrogen and oxygen atoms in total. The minimum atomic E-state index is -3.32. The summed E-state index contributed by atoms with van der Waals surface area (Å²) < 4.78 is 37.7. The van der Waals surface area contributed by atoms with E-state index in [0.717, 1.165) is 23.1 Å². The maximum Gasteiger partial charge on any atom is 0.244 e. The van der Waals surface area contributed by atoms with Crippen molar-refractivity contribution in [3.63, 3.8) is 0 Å². The van der Waals surface area contributed by atoms with Gasteiger partial charge in [-0.05, 0) is 47.7 Å². The maximum atomic E-state index is 12.9. The molecule has 0 radical (unpaired) electrons. The Morgan fingerprint density at radius 3 is 2.45 bits per heavy atom. The SMILES string of the molecule is CC(C)Cc1nc(CF)ccc1/C=C/C(=O)NCc1ccc(NS(C)(=O)=O)cc1. The second-order valence-electron chi connectivity index (χ2n) is 7.19. The number of rotatable bonds is 9. The van der Waals surface area contributed by atoms with Gasteiger partial charge in [-0.2, -0.15) is 0 Å².